The van der Waals surface area contributed by atoms with E-state index in [0.717, 1.165) is 31.6 Å². The summed E-state index contributed by atoms with van der Waals surface area (Å²) in [6.07, 6.45) is 5.10. The van der Waals surface area contributed by atoms with Gasteiger partial charge in [-0.25, -0.2) is 0 Å². The third-order valence-electron chi connectivity index (χ3n) is 5.81. The maximum atomic E-state index is 12.5. The van der Waals surface area contributed by atoms with Crippen molar-refractivity contribution in [2.24, 2.45) is 0 Å². The van der Waals surface area contributed by atoms with Crippen LogP contribution in [-0.4, -0.2) is 46.4 Å². The van der Waals surface area contributed by atoms with Crippen LogP contribution in [0, 0.1) is 0 Å². The number of rotatable bonds is 7. The molecule has 7 nitrogen and oxygen atoms in total. The zero-order valence-electron chi connectivity index (χ0n) is 17.4. The first-order valence-corrected chi connectivity index (χ1v) is 10.8. The van der Waals surface area contributed by atoms with Gasteiger partial charge in [0.25, 0.3) is 0 Å². The molecule has 2 heterocycles. The van der Waals surface area contributed by atoms with E-state index >= 15 is 0 Å². The molecule has 0 amide bonds. The molecule has 1 aromatic heterocycles. The number of hydrogen-bond acceptors (Lipinski definition) is 7. The highest BCUT2D eigenvalue weighted by Crippen LogP contribution is 2.37. The van der Waals surface area contributed by atoms with Crippen molar-refractivity contribution in [3.8, 4) is 28.6 Å². The second-order valence-electron chi connectivity index (χ2n) is 8.05. The summed E-state index contributed by atoms with van der Waals surface area (Å²) >= 11 is 0. The summed E-state index contributed by atoms with van der Waals surface area (Å²) in [6, 6.07) is 9.81. The molecule has 1 saturated heterocycles. The van der Waals surface area contributed by atoms with E-state index in [1.54, 1.807) is 12.1 Å². The first-order valence-electron chi connectivity index (χ1n) is 10.8. The van der Waals surface area contributed by atoms with Crippen LogP contribution in [0.2, 0.25) is 0 Å². The maximum Gasteiger partial charge on any atom is 0.235 e. The second kappa shape index (κ2) is 9.41. The Morgan fingerprint density at radius 1 is 0.935 bits per heavy atom. The topological polar surface area (TPSA) is 106 Å². The molecular formula is C24H28N2O5. The van der Waals surface area contributed by atoms with Crippen LogP contribution in [-0.2, 0) is 6.54 Å². The lowest BCUT2D eigenvalue weighted by Crippen LogP contribution is -2.32. The number of benzene rings is 2. The molecule has 1 aliphatic rings. The van der Waals surface area contributed by atoms with Gasteiger partial charge in [0.15, 0.2) is 17.1 Å². The van der Waals surface area contributed by atoms with Crippen molar-refractivity contribution in [2.75, 3.05) is 26.2 Å². The van der Waals surface area contributed by atoms with Crippen molar-refractivity contribution in [1.29, 1.82) is 0 Å². The van der Waals surface area contributed by atoms with E-state index in [-0.39, 0.29) is 16.7 Å². The van der Waals surface area contributed by atoms with Gasteiger partial charge < -0.3 is 30.0 Å². The number of likely N-dealkylation sites (tertiary alicyclic amines) is 1. The third-order valence-corrected chi connectivity index (χ3v) is 5.81. The van der Waals surface area contributed by atoms with Crippen LogP contribution in [0.15, 0.2) is 45.6 Å². The molecule has 3 aromatic rings. The van der Waals surface area contributed by atoms with Crippen molar-refractivity contribution in [2.45, 2.75) is 32.2 Å². The molecule has 2 aromatic carbocycles. The van der Waals surface area contributed by atoms with Crippen LogP contribution in [0.5, 0.6) is 17.2 Å². The molecule has 0 spiro atoms. The molecule has 0 saturated carbocycles. The van der Waals surface area contributed by atoms with E-state index in [2.05, 4.69) is 10.2 Å². The summed E-state index contributed by atoms with van der Waals surface area (Å²) in [7, 11) is 0. The van der Waals surface area contributed by atoms with E-state index in [0.29, 0.717) is 5.56 Å². The summed E-state index contributed by atoms with van der Waals surface area (Å²) < 4.78 is 5.60. The first-order chi connectivity index (χ1) is 15.0. The second-order valence-corrected chi connectivity index (χ2v) is 8.05. The summed E-state index contributed by atoms with van der Waals surface area (Å²) in [6.45, 7) is 5.24. The quantitative estimate of drug-likeness (QED) is 0.339. The zero-order chi connectivity index (χ0) is 21.8. The van der Waals surface area contributed by atoms with E-state index < -0.39 is 22.7 Å². The maximum absolute atomic E-state index is 12.5. The minimum Gasteiger partial charge on any atom is -0.504 e. The molecule has 7 heteroatoms. The van der Waals surface area contributed by atoms with E-state index in [1.807, 2.05) is 12.1 Å². The highest BCUT2D eigenvalue weighted by atomic mass is 16.4. The number of phenols is 2. The summed E-state index contributed by atoms with van der Waals surface area (Å²) in [4.78, 5) is 15.0. The minimum atomic E-state index is -0.661. The molecule has 0 atom stereocenters. The lowest BCUT2D eigenvalue weighted by Gasteiger charge is -2.26. The summed E-state index contributed by atoms with van der Waals surface area (Å²) in [5.41, 5.74) is 0.765. The van der Waals surface area contributed by atoms with Crippen molar-refractivity contribution in [3.63, 3.8) is 0 Å². The molecule has 31 heavy (non-hydrogen) atoms. The summed E-state index contributed by atoms with van der Waals surface area (Å²) in [5, 5.41) is 33.5. The Morgan fingerprint density at radius 2 is 1.68 bits per heavy atom. The van der Waals surface area contributed by atoms with Gasteiger partial charge in [-0.15, -0.1) is 0 Å². The third kappa shape index (κ3) is 4.68. The predicted octanol–water partition coefficient (Wildman–Crippen LogP) is 3.54. The smallest absolute Gasteiger partial charge is 0.235 e. The zero-order valence-corrected chi connectivity index (χ0v) is 17.4. The first kappa shape index (κ1) is 21.2. The molecule has 1 aliphatic heterocycles. The van der Waals surface area contributed by atoms with E-state index in [1.165, 1.54) is 44.5 Å². The van der Waals surface area contributed by atoms with E-state index in [4.69, 9.17) is 4.42 Å². The normalized spacial score (nSPS) is 14.8. The van der Waals surface area contributed by atoms with Crippen LogP contribution >= 0.6 is 0 Å². The SMILES string of the molecule is O=c1c(O)c(-c2ccc(CNCCCN3CCCCC3)cc2)oc2c(O)c(O)ccc12. The van der Waals surface area contributed by atoms with Crippen LogP contribution in [0.25, 0.3) is 22.3 Å². The minimum absolute atomic E-state index is 0.00178. The van der Waals surface area contributed by atoms with Gasteiger partial charge in [-0.3, -0.25) is 4.79 Å². The molecule has 4 N–H and O–H groups in total. The van der Waals surface area contributed by atoms with Crippen LogP contribution in [0.1, 0.15) is 31.2 Å². The lowest BCUT2D eigenvalue weighted by atomic mass is 10.1. The van der Waals surface area contributed by atoms with Crippen molar-refractivity contribution >= 4 is 11.0 Å². The van der Waals surface area contributed by atoms with Gasteiger partial charge in [-0.2, -0.15) is 0 Å². The molecular weight excluding hydrogens is 396 g/mol. The van der Waals surface area contributed by atoms with E-state index in [9.17, 15) is 20.1 Å². The molecule has 0 bridgehead atoms. The number of fused-ring (bicyclic) bond motifs is 1. The highest BCUT2D eigenvalue weighted by molar-refractivity contribution is 5.88. The molecule has 164 valence electrons. The summed E-state index contributed by atoms with van der Waals surface area (Å²) in [5.74, 6) is -1.49. The van der Waals surface area contributed by atoms with Gasteiger partial charge in [-0.1, -0.05) is 30.7 Å². The number of phenolic OH excluding ortho intramolecular Hbond substituents is 2. The van der Waals surface area contributed by atoms with Gasteiger partial charge in [-0.05, 0) is 63.1 Å². The fraction of sp³-hybridized carbons (Fsp3) is 0.375. The Morgan fingerprint density at radius 3 is 2.42 bits per heavy atom. The number of piperidine rings is 1. The molecule has 0 aliphatic carbocycles. The number of nitrogens with zero attached hydrogens (tertiary/aromatic N) is 1. The Bertz CT molecular complexity index is 1100. The van der Waals surface area contributed by atoms with Gasteiger partial charge >= 0.3 is 0 Å². The van der Waals surface area contributed by atoms with Crippen LogP contribution < -0.4 is 10.7 Å². The Balaban J connectivity index is 1.41. The molecule has 1 fully saturated rings. The largest absolute Gasteiger partial charge is 0.504 e. The lowest BCUT2D eigenvalue weighted by molar-refractivity contribution is 0.225. The van der Waals surface area contributed by atoms with Gasteiger partial charge in [0, 0.05) is 12.1 Å². The molecule has 0 radical (unpaired) electrons. The number of hydrogen-bond donors (Lipinski definition) is 4. The Hall–Kier alpha value is -3.03. The fourth-order valence-electron chi connectivity index (χ4n) is 4.04. The van der Waals surface area contributed by atoms with Crippen molar-refractivity contribution in [3.05, 3.63) is 52.2 Å². The van der Waals surface area contributed by atoms with Crippen LogP contribution in [0.4, 0.5) is 0 Å². The average molecular weight is 424 g/mol. The number of nitrogens with one attached hydrogen (secondary N) is 1. The fourth-order valence-corrected chi connectivity index (χ4v) is 4.04. The number of aromatic hydroxyl groups is 3. The van der Waals surface area contributed by atoms with Gasteiger partial charge in [0.1, 0.15) is 0 Å². The predicted molar refractivity (Wildman–Crippen MR) is 120 cm³/mol. The molecule has 4 rings (SSSR count). The average Bonchev–Trinajstić information content (AvgIpc) is 2.80. The van der Waals surface area contributed by atoms with Gasteiger partial charge in [0.2, 0.25) is 16.9 Å². The van der Waals surface area contributed by atoms with Gasteiger partial charge in [0.05, 0.1) is 5.39 Å². The van der Waals surface area contributed by atoms with Crippen molar-refractivity contribution in [1.82, 2.24) is 10.2 Å². The van der Waals surface area contributed by atoms with Crippen molar-refractivity contribution < 1.29 is 19.7 Å². The van der Waals surface area contributed by atoms with Crippen LogP contribution in [0.3, 0.4) is 0 Å². The Labute approximate surface area is 180 Å². The highest BCUT2D eigenvalue weighted by Gasteiger charge is 2.19. The molecule has 0 unspecified atom stereocenters. The monoisotopic (exact) mass is 424 g/mol. The standard InChI is InChI=1S/C24H28N2O5/c27-19-10-9-18-20(28)22(30)23(31-24(18)21(19)29)17-7-5-16(6-8-17)15-25-11-4-14-26-12-2-1-3-13-26/h5-10,25,27,29-30H,1-4,11-15H2. The Kier molecular flexibility index (Phi) is 6.44.